The molecule has 1 N–H and O–H groups in total. The maximum absolute atomic E-state index is 9.31. The Labute approximate surface area is 94.7 Å². The number of aliphatic hydroxyl groups is 1. The van der Waals surface area contributed by atoms with Crippen LogP contribution in [0.5, 0.6) is 5.88 Å². The lowest BCUT2D eigenvalue weighted by Crippen LogP contribution is -2.07. The summed E-state index contributed by atoms with van der Waals surface area (Å²) < 4.78 is 5.54. The molecule has 3 nitrogen and oxygen atoms in total. The summed E-state index contributed by atoms with van der Waals surface area (Å²) in [6.07, 6.45) is 0.0835. The summed E-state index contributed by atoms with van der Waals surface area (Å²) >= 11 is 0. The number of benzene rings is 1. The van der Waals surface area contributed by atoms with E-state index in [1.54, 1.807) is 6.07 Å². The number of ether oxygens (including phenoxy) is 1. The molecule has 84 valence electrons. The molecule has 0 unspecified atom stereocenters. The van der Waals surface area contributed by atoms with Gasteiger partial charge in [-0.1, -0.05) is 18.2 Å². The summed E-state index contributed by atoms with van der Waals surface area (Å²) in [4.78, 5) is 4.39. The minimum atomic E-state index is -0.00249. The van der Waals surface area contributed by atoms with Crippen molar-refractivity contribution >= 4 is 10.9 Å². The van der Waals surface area contributed by atoms with E-state index in [9.17, 15) is 5.11 Å². The van der Waals surface area contributed by atoms with Crippen LogP contribution in [-0.2, 0) is 6.61 Å². The van der Waals surface area contributed by atoms with Crippen LogP contribution in [0.25, 0.3) is 10.9 Å². The monoisotopic (exact) mass is 217 g/mol. The number of hydrogen-bond donors (Lipinski definition) is 1. The first-order valence-electron chi connectivity index (χ1n) is 5.37. The van der Waals surface area contributed by atoms with Crippen molar-refractivity contribution in [1.29, 1.82) is 0 Å². The van der Waals surface area contributed by atoms with Crippen molar-refractivity contribution in [2.75, 3.05) is 0 Å². The van der Waals surface area contributed by atoms with Crippen molar-refractivity contribution in [3.8, 4) is 5.88 Å². The smallest absolute Gasteiger partial charge is 0.214 e. The van der Waals surface area contributed by atoms with Crippen LogP contribution in [0.3, 0.4) is 0 Å². The average molecular weight is 217 g/mol. The van der Waals surface area contributed by atoms with Gasteiger partial charge in [0.25, 0.3) is 0 Å². The molecule has 3 heteroatoms. The standard InChI is InChI=1S/C13H15NO2/c1-9(2)16-13-7-10(8-15)11-5-3-4-6-12(11)14-13/h3-7,9,15H,8H2,1-2H3. The summed E-state index contributed by atoms with van der Waals surface area (Å²) in [5, 5.41) is 10.3. The molecule has 1 aromatic heterocycles. The number of aromatic nitrogens is 1. The first-order valence-corrected chi connectivity index (χ1v) is 5.37. The summed E-state index contributed by atoms with van der Waals surface area (Å²) in [6, 6.07) is 9.53. The van der Waals surface area contributed by atoms with Crippen LogP contribution in [0.2, 0.25) is 0 Å². The number of aliphatic hydroxyl groups excluding tert-OH is 1. The number of fused-ring (bicyclic) bond motifs is 1. The summed E-state index contributed by atoms with van der Waals surface area (Å²) in [5.41, 5.74) is 1.70. The van der Waals surface area contributed by atoms with E-state index in [0.717, 1.165) is 16.5 Å². The number of hydrogen-bond acceptors (Lipinski definition) is 3. The molecule has 1 aromatic carbocycles. The SMILES string of the molecule is CC(C)Oc1cc(CO)c2ccccc2n1. The van der Waals surface area contributed by atoms with E-state index in [1.807, 2.05) is 38.1 Å². The quantitative estimate of drug-likeness (QED) is 0.859. The van der Waals surface area contributed by atoms with Gasteiger partial charge in [0.15, 0.2) is 0 Å². The molecule has 2 aromatic rings. The summed E-state index contributed by atoms with van der Waals surface area (Å²) in [6.45, 7) is 3.91. The Bertz CT molecular complexity index is 494. The van der Waals surface area contributed by atoms with Crippen LogP contribution < -0.4 is 4.74 Å². The molecule has 0 fully saturated rings. The fourth-order valence-corrected chi connectivity index (χ4v) is 1.65. The number of rotatable bonds is 3. The molecule has 0 spiro atoms. The van der Waals surface area contributed by atoms with Gasteiger partial charge in [0.2, 0.25) is 5.88 Å². The highest BCUT2D eigenvalue weighted by Crippen LogP contribution is 2.22. The van der Waals surface area contributed by atoms with E-state index in [-0.39, 0.29) is 12.7 Å². The van der Waals surface area contributed by atoms with Crippen LogP contribution in [0.15, 0.2) is 30.3 Å². The highest BCUT2D eigenvalue weighted by Gasteiger charge is 2.06. The van der Waals surface area contributed by atoms with Gasteiger partial charge in [-0.15, -0.1) is 0 Å². The molecule has 0 amide bonds. The van der Waals surface area contributed by atoms with E-state index >= 15 is 0 Å². The molecular formula is C13H15NO2. The van der Waals surface area contributed by atoms with E-state index in [1.165, 1.54) is 0 Å². The lowest BCUT2D eigenvalue weighted by Gasteiger charge is -2.11. The van der Waals surface area contributed by atoms with Gasteiger partial charge in [-0.3, -0.25) is 0 Å². The van der Waals surface area contributed by atoms with Crippen molar-refractivity contribution in [1.82, 2.24) is 4.98 Å². The second-order valence-electron chi connectivity index (χ2n) is 3.96. The zero-order valence-electron chi connectivity index (χ0n) is 9.47. The topological polar surface area (TPSA) is 42.4 Å². The maximum Gasteiger partial charge on any atom is 0.214 e. The molecule has 0 aliphatic heterocycles. The van der Waals surface area contributed by atoms with Crippen LogP contribution in [0, 0.1) is 0 Å². The molecule has 0 atom stereocenters. The van der Waals surface area contributed by atoms with E-state index in [2.05, 4.69) is 4.98 Å². The highest BCUT2D eigenvalue weighted by molar-refractivity contribution is 5.82. The Kier molecular flexibility index (Phi) is 3.06. The largest absolute Gasteiger partial charge is 0.475 e. The minimum absolute atomic E-state index is 0.00249. The number of nitrogens with zero attached hydrogens (tertiary/aromatic N) is 1. The van der Waals surface area contributed by atoms with Crippen LogP contribution in [0.4, 0.5) is 0 Å². The fourth-order valence-electron chi connectivity index (χ4n) is 1.65. The third-order valence-corrected chi connectivity index (χ3v) is 2.31. The third-order valence-electron chi connectivity index (χ3n) is 2.31. The van der Waals surface area contributed by atoms with Gasteiger partial charge in [-0.2, -0.15) is 0 Å². The minimum Gasteiger partial charge on any atom is -0.475 e. The van der Waals surface area contributed by atoms with Gasteiger partial charge < -0.3 is 9.84 Å². The second-order valence-corrected chi connectivity index (χ2v) is 3.96. The second kappa shape index (κ2) is 4.49. The number of para-hydroxylation sites is 1. The fraction of sp³-hybridized carbons (Fsp3) is 0.308. The predicted octanol–water partition coefficient (Wildman–Crippen LogP) is 2.51. The molecule has 1 heterocycles. The molecule has 16 heavy (non-hydrogen) atoms. The van der Waals surface area contributed by atoms with Gasteiger partial charge in [0.05, 0.1) is 18.2 Å². The van der Waals surface area contributed by atoms with E-state index in [4.69, 9.17) is 4.74 Å². The average Bonchev–Trinajstić information content (AvgIpc) is 2.27. The third kappa shape index (κ3) is 2.14. The van der Waals surface area contributed by atoms with Crippen LogP contribution in [-0.4, -0.2) is 16.2 Å². The molecule has 2 rings (SSSR count). The van der Waals surface area contributed by atoms with Gasteiger partial charge in [0.1, 0.15) is 0 Å². The van der Waals surface area contributed by atoms with Crippen molar-refractivity contribution < 1.29 is 9.84 Å². The van der Waals surface area contributed by atoms with Gasteiger partial charge in [-0.05, 0) is 25.5 Å². The molecule has 0 bridgehead atoms. The Morgan fingerprint density at radius 3 is 2.75 bits per heavy atom. The molecule has 0 aliphatic carbocycles. The Balaban J connectivity index is 2.54. The Hall–Kier alpha value is -1.61. The first-order chi connectivity index (χ1) is 7.70. The lowest BCUT2D eigenvalue weighted by atomic mass is 10.1. The van der Waals surface area contributed by atoms with Gasteiger partial charge >= 0.3 is 0 Å². The van der Waals surface area contributed by atoms with Crippen molar-refractivity contribution in [2.24, 2.45) is 0 Å². The van der Waals surface area contributed by atoms with E-state index in [0.29, 0.717) is 5.88 Å². The van der Waals surface area contributed by atoms with Gasteiger partial charge in [-0.25, -0.2) is 4.98 Å². The molecule has 0 aliphatic rings. The van der Waals surface area contributed by atoms with Gasteiger partial charge in [0, 0.05) is 11.5 Å². The van der Waals surface area contributed by atoms with Crippen LogP contribution >= 0.6 is 0 Å². The molecule has 0 saturated carbocycles. The zero-order valence-corrected chi connectivity index (χ0v) is 9.47. The normalized spacial score (nSPS) is 11.0. The van der Waals surface area contributed by atoms with Crippen molar-refractivity contribution in [3.63, 3.8) is 0 Å². The predicted molar refractivity (Wildman–Crippen MR) is 63.4 cm³/mol. The summed E-state index contributed by atoms with van der Waals surface area (Å²) in [5.74, 6) is 0.567. The molecule has 0 radical (unpaired) electrons. The Morgan fingerprint density at radius 2 is 2.06 bits per heavy atom. The van der Waals surface area contributed by atoms with Crippen molar-refractivity contribution in [3.05, 3.63) is 35.9 Å². The molecular weight excluding hydrogens is 202 g/mol. The maximum atomic E-state index is 9.31. The zero-order chi connectivity index (χ0) is 11.5. The lowest BCUT2D eigenvalue weighted by molar-refractivity contribution is 0.231. The first kappa shape index (κ1) is 10.9. The van der Waals surface area contributed by atoms with Crippen molar-refractivity contribution in [2.45, 2.75) is 26.6 Å². The van der Waals surface area contributed by atoms with E-state index < -0.39 is 0 Å². The summed E-state index contributed by atoms with van der Waals surface area (Å²) in [7, 11) is 0. The molecule has 0 saturated heterocycles. The highest BCUT2D eigenvalue weighted by atomic mass is 16.5. The number of pyridine rings is 1. The van der Waals surface area contributed by atoms with Crippen LogP contribution in [0.1, 0.15) is 19.4 Å². The Morgan fingerprint density at radius 1 is 1.31 bits per heavy atom.